The molecule has 0 saturated heterocycles. The first kappa shape index (κ1) is 22.6. The van der Waals surface area contributed by atoms with Crippen LogP contribution in [0.1, 0.15) is 46.7 Å². The number of hydrogen-bond acceptors (Lipinski definition) is 3. The molecule has 9 heteroatoms. The highest BCUT2D eigenvalue weighted by Crippen LogP contribution is 2.32. The number of halogens is 4. The highest BCUT2D eigenvalue weighted by atomic mass is 35.5. The third kappa shape index (κ3) is 4.47. The Balaban J connectivity index is 2.40. The van der Waals surface area contributed by atoms with Crippen LogP contribution < -0.4 is 0 Å². The van der Waals surface area contributed by atoms with Gasteiger partial charge in [-0.05, 0) is 50.5 Å². The normalized spacial score (nSPS) is 12.9. The molecule has 0 aliphatic rings. The van der Waals surface area contributed by atoms with Crippen molar-refractivity contribution in [2.75, 3.05) is 7.11 Å². The van der Waals surface area contributed by atoms with Crippen LogP contribution in [0.25, 0.3) is 0 Å². The number of nitrogens with zero attached hydrogens (tertiary/aromatic N) is 3. The van der Waals surface area contributed by atoms with Gasteiger partial charge < -0.3 is 0 Å². The Morgan fingerprint density at radius 3 is 2.46 bits per heavy atom. The van der Waals surface area contributed by atoms with Crippen molar-refractivity contribution in [1.29, 1.82) is 0 Å². The fraction of sp³-hybridized carbons (Fsp3) is 0.474. The van der Waals surface area contributed by atoms with Gasteiger partial charge in [-0.25, -0.2) is 5.06 Å². The third-order valence-electron chi connectivity index (χ3n) is 4.64. The van der Waals surface area contributed by atoms with Gasteiger partial charge in [-0.15, -0.1) is 0 Å². The summed E-state index contributed by atoms with van der Waals surface area (Å²) >= 11 is 12.3. The fourth-order valence-electron chi connectivity index (χ4n) is 3.11. The van der Waals surface area contributed by atoms with Gasteiger partial charge in [0.25, 0.3) is 11.8 Å². The molecule has 1 amide bonds. The molecular weight excluding hydrogens is 411 g/mol. The van der Waals surface area contributed by atoms with Crippen molar-refractivity contribution >= 4 is 29.1 Å². The molecule has 1 unspecified atom stereocenters. The first-order valence-corrected chi connectivity index (χ1v) is 9.38. The van der Waals surface area contributed by atoms with E-state index in [0.29, 0.717) is 29.1 Å². The molecule has 2 aromatic rings. The van der Waals surface area contributed by atoms with Crippen molar-refractivity contribution < 1.29 is 18.4 Å². The Bertz CT molecular complexity index is 871. The van der Waals surface area contributed by atoms with Gasteiger partial charge in [-0.1, -0.05) is 23.2 Å². The van der Waals surface area contributed by atoms with E-state index in [-0.39, 0.29) is 5.56 Å². The van der Waals surface area contributed by atoms with Crippen LogP contribution in [0.15, 0.2) is 12.1 Å². The minimum atomic E-state index is -3.27. The topological polar surface area (TPSA) is 47.4 Å². The Morgan fingerprint density at radius 1 is 1.36 bits per heavy atom. The van der Waals surface area contributed by atoms with Crippen LogP contribution in [-0.2, 0) is 24.2 Å². The minimum absolute atomic E-state index is 0.164. The Hall–Kier alpha value is -1.70. The van der Waals surface area contributed by atoms with Gasteiger partial charge in [0, 0.05) is 29.7 Å². The van der Waals surface area contributed by atoms with Crippen LogP contribution in [0, 0.1) is 13.8 Å². The molecule has 1 atom stereocenters. The van der Waals surface area contributed by atoms with Crippen LogP contribution in [0.2, 0.25) is 10.0 Å². The van der Waals surface area contributed by atoms with Crippen molar-refractivity contribution in [2.24, 2.45) is 7.05 Å². The SMILES string of the molecule is CON(C(=O)c1c(C(C)(F)F)nn(C)c1C)C(C)Cc1c(C)cc(Cl)cc1Cl. The van der Waals surface area contributed by atoms with Crippen molar-refractivity contribution in [3.05, 3.63) is 50.3 Å². The molecular formula is C19H23Cl2F2N3O2. The lowest BCUT2D eigenvalue weighted by Crippen LogP contribution is -2.40. The molecule has 0 aliphatic carbocycles. The van der Waals surface area contributed by atoms with Gasteiger partial charge in [0.2, 0.25) is 0 Å². The number of amides is 1. The second-order valence-electron chi connectivity index (χ2n) is 6.87. The number of alkyl halides is 2. The number of aryl methyl sites for hydroxylation is 2. The molecule has 28 heavy (non-hydrogen) atoms. The molecule has 154 valence electrons. The summed E-state index contributed by atoms with van der Waals surface area (Å²) in [6.07, 6.45) is 0.360. The summed E-state index contributed by atoms with van der Waals surface area (Å²) in [5.41, 5.74) is 1.26. The second kappa shape index (κ2) is 8.35. The maximum Gasteiger partial charge on any atom is 0.289 e. The highest BCUT2D eigenvalue weighted by molar-refractivity contribution is 6.35. The number of hydrogen-bond donors (Lipinski definition) is 0. The molecule has 0 aliphatic heterocycles. The van der Waals surface area contributed by atoms with E-state index in [1.165, 1.54) is 18.8 Å². The van der Waals surface area contributed by atoms with E-state index in [4.69, 9.17) is 28.0 Å². The summed E-state index contributed by atoms with van der Waals surface area (Å²) in [5, 5.41) is 5.89. The summed E-state index contributed by atoms with van der Waals surface area (Å²) in [6, 6.07) is 2.92. The number of rotatable bonds is 6. The second-order valence-corrected chi connectivity index (χ2v) is 7.71. The van der Waals surface area contributed by atoms with E-state index < -0.39 is 23.6 Å². The zero-order chi connectivity index (χ0) is 21.4. The highest BCUT2D eigenvalue weighted by Gasteiger charge is 2.38. The molecule has 0 radical (unpaired) electrons. The number of hydroxylamine groups is 2. The maximum atomic E-state index is 14.0. The first-order valence-electron chi connectivity index (χ1n) is 8.62. The van der Waals surface area contributed by atoms with Gasteiger partial charge in [0.1, 0.15) is 5.69 Å². The molecule has 5 nitrogen and oxygen atoms in total. The van der Waals surface area contributed by atoms with Gasteiger partial charge in [-0.2, -0.15) is 13.9 Å². The summed E-state index contributed by atoms with van der Waals surface area (Å²) < 4.78 is 29.3. The van der Waals surface area contributed by atoms with E-state index in [1.54, 1.807) is 26.0 Å². The number of carbonyl (C=O) groups excluding carboxylic acids is 1. The largest absolute Gasteiger partial charge is 0.289 e. The molecule has 2 rings (SSSR count). The fourth-order valence-corrected chi connectivity index (χ4v) is 3.79. The lowest BCUT2D eigenvalue weighted by atomic mass is 10.0. The average molecular weight is 434 g/mol. The Morgan fingerprint density at radius 2 is 1.96 bits per heavy atom. The van der Waals surface area contributed by atoms with Crippen LogP contribution in [-0.4, -0.2) is 33.9 Å². The number of benzene rings is 1. The van der Waals surface area contributed by atoms with Crippen molar-refractivity contribution in [2.45, 2.75) is 46.1 Å². The predicted octanol–water partition coefficient (Wildman–Crippen LogP) is 5.09. The van der Waals surface area contributed by atoms with Crippen molar-refractivity contribution in [3.8, 4) is 0 Å². The van der Waals surface area contributed by atoms with E-state index >= 15 is 0 Å². The van der Waals surface area contributed by atoms with Crippen LogP contribution in [0.3, 0.4) is 0 Å². The summed E-state index contributed by atoms with van der Waals surface area (Å²) in [6.45, 7) is 5.89. The third-order valence-corrected chi connectivity index (χ3v) is 5.20. The quantitative estimate of drug-likeness (QED) is 0.595. The summed E-state index contributed by atoms with van der Waals surface area (Å²) in [7, 11) is 2.83. The smallest absolute Gasteiger partial charge is 0.274 e. The zero-order valence-electron chi connectivity index (χ0n) is 16.6. The lowest BCUT2D eigenvalue weighted by Gasteiger charge is -2.28. The van der Waals surface area contributed by atoms with Gasteiger partial charge >= 0.3 is 0 Å². The van der Waals surface area contributed by atoms with E-state index in [9.17, 15) is 13.6 Å². The van der Waals surface area contributed by atoms with E-state index in [0.717, 1.165) is 16.2 Å². The zero-order valence-corrected chi connectivity index (χ0v) is 18.1. The molecule has 1 aromatic heterocycles. The standard InChI is InChI=1S/C19H23Cl2F2N3O2/c1-10-7-13(20)9-15(21)14(10)8-11(2)26(28-6)18(27)16-12(3)25(5)24-17(16)19(4,22)23/h7,9,11H,8H2,1-6H3. The first-order chi connectivity index (χ1) is 12.9. The van der Waals surface area contributed by atoms with E-state index in [1.807, 2.05) is 6.92 Å². The van der Waals surface area contributed by atoms with Crippen LogP contribution in [0.5, 0.6) is 0 Å². The number of carbonyl (C=O) groups is 1. The molecule has 1 heterocycles. The summed E-state index contributed by atoms with van der Waals surface area (Å²) in [4.78, 5) is 18.4. The predicted molar refractivity (Wildman–Crippen MR) is 105 cm³/mol. The summed E-state index contributed by atoms with van der Waals surface area (Å²) in [5.74, 6) is -3.95. The van der Waals surface area contributed by atoms with Crippen LogP contribution in [0.4, 0.5) is 8.78 Å². The average Bonchev–Trinajstić information content (AvgIpc) is 2.87. The van der Waals surface area contributed by atoms with Gasteiger partial charge in [0.15, 0.2) is 0 Å². The van der Waals surface area contributed by atoms with Crippen LogP contribution >= 0.6 is 23.2 Å². The Kier molecular flexibility index (Phi) is 6.74. The molecule has 0 fully saturated rings. The maximum absolute atomic E-state index is 14.0. The lowest BCUT2D eigenvalue weighted by molar-refractivity contribution is -0.119. The molecule has 0 spiro atoms. The van der Waals surface area contributed by atoms with Gasteiger partial charge in [-0.3, -0.25) is 14.3 Å². The van der Waals surface area contributed by atoms with E-state index in [2.05, 4.69) is 5.10 Å². The van der Waals surface area contributed by atoms with Gasteiger partial charge in [0.05, 0.1) is 18.7 Å². The van der Waals surface area contributed by atoms with Crippen molar-refractivity contribution in [3.63, 3.8) is 0 Å². The molecule has 0 N–H and O–H groups in total. The molecule has 0 bridgehead atoms. The minimum Gasteiger partial charge on any atom is -0.274 e. The Labute approximate surface area is 173 Å². The molecule has 1 aromatic carbocycles. The van der Waals surface area contributed by atoms with Crippen molar-refractivity contribution in [1.82, 2.24) is 14.8 Å². The monoisotopic (exact) mass is 433 g/mol. The molecule has 0 saturated carbocycles. The number of aromatic nitrogens is 2.